The van der Waals surface area contributed by atoms with Crippen molar-refractivity contribution in [3.63, 3.8) is 0 Å². The molecule has 0 unspecified atom stereocenters. The van der Waals surface area contributed by atoms with Crippen molar-refractivity contribution in [3.05, 3.63) is 29.8 Å². The van der Waals surface area contributed by atoms with E-state index in [4.69, 9.17) is 4.74 Å². The quantitative estimate of drug-likeness (QED) is 0.591. The summed E-state index contributed by atoms with van der Waals surface area (Å²) in [5.74, 6) is 1.07. The van der Waals surface area contributed by atoms with Crippen LogP contribution in [0.5, 0.6) is 0 Å². The Labute approximate surface area is 132 Å². The standard InChI is InChI=1S/C17H25NO2S/c1-3-14-8-6-7-11-18(14)17(19)15-9-4-5-10-16(15)21-13-12-20-2/h4-5,9-10,14H,3,6-8,11-13H2,1-2H3/t14-/m0/s1. The van der Waals surface area contributed by atoms with E-state index in [-0.39, 0.29) is 5.91 Å². The lowest BCUT2D eigenvalue weighted by molar-refractivity contribution is 0.0604. The van der Waals surface area contributed by atoms with Crippen molar-refractivity contribution >= 4 is 17.7 Å². The van der Waals surface area contributed by atoms with E-state index >= 15 is 0 Å². The number of nitrogens with zero attached hydrogens (tertiary/aromatic N) is 1. The molecule has 1 atom stereocenters. The van der Waals surface area contributed by atoms with Crippen molar-refractivity contribution < 1.29 is 9.53 Å². The first-order valence-corrected chi connectivity index (χ1v) is 8.78. The maximum absolute atomic E-state index is 12.9. The number of hydrogen-bond acceptors (Lipinski definition) is 3. The Morgan fingerprint density at radius 2 is 2.19 bits per heavy atom. The summed E-state index contributed by atoms with van der Waals surface area (Å²) < 4.78 is 5.10. The Bertz CT molecular complexity index is 464. The van der Waals surface area contributed by atoms with Gasteiger partial charge in [-0.1, -0.05) is 19.1 Å². The normalized spacial score (nSPS) is 18.8. The molecule has 1 aliphatic rings. The molecule has 1 aromatic carbocycles. The summed E-state index contributed by atoms with van der Waals surface area (Å²) in [5, 5.41) is 0. The molecule has 0 N–H and O–H groups in total. The molecular weight excluding hydrogens is 282 g/mol. The number of thioether (sulfide) groups is 1. The van der Waals surface area contributed by atoms with E-state index in [2.05, 4.69) is 11.8 Å². The van der Waals surface area contributed by atoms with Gasteiger partial charge in [0.1, 0.15) is 0 Å². The minimum atomic E-state index is 0.196. The van der Waals surface area contributed by atoms with Crippen molar-refractivity contribution in [2.45, 2.75) is 43.5 Å². The molecule has 1 heterocycles. The van der Waals surface area contributed by atoms with E-state index in [9.17, 15) is 4.79 Å². The number of methoxy groups -OCH3 is 1. The summed E-state index contributed by atoms with van der Waals surface area (Å²) in [5.41, 5.74) is 0.846. The van der Waals surface area contributed by atoms with E-state index < -0.39 is 0 Å². The lowest BCUT2D eigenvalue weighted by atomic mass is 9.99. The van der Waals surface area contributed by atoms with Crippen molar-refractivity contribution in [3.8, 4) is 0 Å². The minimum Gasteiger partial charge on any atom is -0.384 e. The van der Waals surface area contributed by atoms with Crippen LogP contribution in [-0.4, -0.2) is 42.9 Å². The predicted octanol–water partition coefficient (Wildman–Crippen LogP) is 3.83. The number of benzene rings is 1. The number of rotatable bonds is 6. The lowest BCUT2D eigenvalue weighted by Crippen LogP contribution is -2.43. The summed E-state index contributed by atoms with van der Waals surface area (Å²) in [6.45, 7) is 3.78. The highest BCUT2D eigenvalue weighted by Crippen LogP contribution is 2.27. The molecule has 1 aliphatic heterocycles. The van der Waals surface area contributed by atoms with Gasteiger partial charge in [-0.25, -0.2) is 0 Å². The van der Waals surface area contributed by atoms with Gasteiger partial charge >= 0.3 is 0 Å². The summed E-state index contributed by atoms with van der Waals surface area (Å²) in [6, 6.07) is 8.36. The molecule has 21 heavy (non-hydrogen) atoms. The first-order valence-electron chi connectivity index (χ1n) is 7.79. The Morgan fingerprint density at radius 1 is 1.38 bits per heavy atom. The molecule has 1 amide bonds. The van der Waals surface area contributed by atoms with Crippen LogP contribution in [0.15, 0.2) is 29.2 Å². The van der Waals surface area contributed by atoms with E-state index in [1.54, 1.807) is 18.9 Å². The van der Waals surface area contributed by atoms with Gasteiger partial charge in [-0.3, -0.25) is 4.79 Å². The topological polar surface area (TPSA) is 29.5 Å². The largest absolute Gasteiger partial charge is 0.384 e. The molecular formula is C17H25NO2S. The van der Waals surface area contributed by atoms with Crippen LogP contribution in [0, 0.1) is 0 Å². The minimum absolute atomic E-state index is 0.196. The fourth-order valence-electron chi connectivity index (χ4n) is 2.85. The van der Waals surface area contributed by atoms with Gasteiger partial charge in [-0.2, -0.15) is 0 Å². The van der Waals surface area contributed by atoms with Crippen LogP contribution in [0.3, 0.4) is 0 Å². The van der Waals surface area contributed by atoms with Crippen LogP contribution in [0.4, 0.5) is 0 Å². The van der Waals surface area contributed by atoms with E-state index in [0.717, 1.165) is 42.0 Å². The molecule has 0 aromatic heterocycles. The number of piperidine rings is 1. The molecule has 2 rings (SSSR count). The van der Waals surface area contributed by atoms with Gasteiger partial charge < -0.3 is 9.64 Å². The van der Waals surface area contributed by atoms with Crippen LogP contribution in [0.2, 0.25) is 0 Å². The Hall–Kier alpha value is -1.00. The number of ether oxygens (including phenoxy) is 1. The highest BCUT2D eigenvalue weighted by molar-refractivity contribution is 7.99. The van der Waals surface area contributed by atoms with Crippen molar-refractivity contribution in [2.75, 3.05) is 26.0 Å². The van der Waals surface area contributed by atoms with Gasteiger partial charge in [-0.15, -0.1) is 11.8 Å². The third-order valence-electron chi connectivity index (χ3n) is 4.02. The fraction of sp³-hybridized carbons (Fsp3) is 0.588. The first-order chi connectivity index (χ1) is 10.3. The summed E-state index contributed by atoms with van der Waals surface area (Å²) >= 11 is 1.70. The second-order valence-electron chi connectivity index (χ2n) is 5.39. The monoisotopic (exact) mass is 307 g/mol. The first kappa shape index (κ1) is 16.4. The molecule has 0 spiro atoms. The molecule has 1 fully saturated rings. The van der Waals surface area contributed by atoms with Gasteiger partial charge in [0.2, 0.25) is 0 Å². The Morgan fingerprint density at radius 3 is 2.95 bits per heavy atom. The fourth-order valence-corrected chi connectivity index (χ4v) is 3.81. The Kier molecular flexibility index (Phi) is 6.58. The summed E-state index contributed by atoms with van der Waals surface area (Å²) in [7, 11) is 1.71. The van der Waals surface area contributed by atoms with Gasteiger partial charge in [0.05, 0.1) is 12.2 Å². The Balaban J connectivity index is 2.14. The van der Waals surface area contributed by atoms with E-state index in [1.165, 1.54) is 6.42 Å². The van der Waals surface area contributed by atoms with Gasteiger partial charge in [0.25, 0.3) is 5.91 Å². The van der Waals surface area contributed by atoms with Crippen molar-refractivity contribution in [1.82, 2.24) is 4.90 Å². The molecule has 4 heteroatoms. The number of likely N-dealkylation sites (tertiary alicyclic amines) is 1. The highest BCUT2D eigenvalue weighted by Gasteiger charge is 2.27. The van der Waals surface area contributed by atoms with Gasteiger partial charge in [0.15, 0.2) is 0 Å². The molecule has 0 radical (unpaired) electrons. The summed E-state index contributed by atoms with van der Waals surface area (Å²) in [4.78, 5) is 16.1. The SMILES string of the molecule is CC[C@H]1CCCCN1C(=O)c1ccccc1SCCOC. The number of amides is 1. The number of hydrogen-bond donors (Lipinski definition) is 0. The van der Waals surface area contributed by atoms with Crippen LogP contribution in [0.1, 0.15) is 43.0 Å². The zero-order chi connectivity index (χ0) is 15.1. The zero-order valence-corrected chi connectivity index (χ0v) is 13.8. The van der Waals surface area contributed by atoms with E-state index in [1.807, 2.05) is 24.3 Å². The second-order valence-corrected chi connectivity index (χ2v) is 6.53. The van der Waals surface area contributed by atoms with Crippen LogP contribution >= 0.6 is 11.8 Å². The highest BCUT2D eigenvalue weighted by atomic mass is 32.2. The number of carbonyl (C=O) groups is 1. The van der Waals surface area contributed by atoms with Crippen molar-refractivity contribution in [1.29, 1.82) is 0 Å². The second kappa shape index (κ2) is 8.44. The predicted molar refractivity (Wildman–Crippen MR) is 88.0 cm³/mol. The zero-order valence-electron chi connectivity index (χ0n) is 13.0. The number of carbonyl (C=O) groups excluding carboxylic acids is 1. The summed E-state index contributed by atoms with van der Waals surface area (Å²) in [6.07, 6.45) is 4.56. The molecule has 0 bridgehead atoms. The average Bonchev–Trinajstić information content (AvgIpc) is 2.55. The van der Waals surface area contributed by atoms with Crippen LogP contribution in [-0.2, 0) is 4.74 Å². The van der Waals surface area contributed by atoms with Crippen LogP contribution < -0.4 is 0 Å². The maximum Gasteiger partial charge on any atom is 0.255 e. The molecule has 1 aromatic rings. The molecule has 0 saturated carbocycles. The van der Waals surface area contributed by atoms with Crippen molar-refractivity contribution in [2.24, 2.45) is 0 Å². The molecule has 1 saturated heterocycles. The maximum atomic E-state index is 12.9. The van der Waals surface area contributed by atoms with E-state index in [0.29, 0.717) is 12.6 Å². The lowest BCUT2D eigenvalue weighted by Gasteiger charge is -2.35. The third kappa shape index (κ3) is 4.24. The molecule has 0 aliphatic carbocycles. The molecule has 116 valence electrons. The third-order valence-corrected chi connectivity index (χ3v) is 5.06. The van der Waals surface area contributed by atoms with Crippen LogP contribution in [0.25, 0.3) is 0 Å². The van der Waals surface area contributed by atoms with Gasteiger partial charge in [0, 0.05) is 30.3 Å². The molecule has 3 nitrogen and oxygen atoms in total. The smallest absolute Gasteiger partial charge is 0.255 e. The van der Waals surface area contributed by atoms with Gasteiger partial charge in [-0.05, 0) is 37.8 Å². The average molecular weight is 307 g/mol.